The van der Waals surface area contributed by atoms with Crippen molar-refractivity contribution in [3.05, 3.63) is 41.9 Å². The van der Waals surface area contributed by atoms with Crippen LogP contribution in [0.4, 0.5) is 5.95 Å². The molecule has 1 amide bonds. The average molecular weight is 316 g/mol. The third-order valence-electron chi connectivity index (χ3n) is 2.97. The number of furan rings is 1. The van der Waals surface area contributed by atoms with Gasteiger partial charge in [-0.05, 0) is 18.1 Å². The molecule has 114 valence electrons. The lowest BCUT2D eigenvalue weighted by Crippen LogP contribution is -2.17. The zero-order valence-corrected chi connectivity index (χ0v) is 13.1. The van der Waals surface area contributed by atoms with Crippen molar-refractivity contribution >= 4 is 23.2 Å². The molecule has 0 saturated heterocycles. The van der Waals surface area contributed by atoms with Crippen LogP contribution >= 0.6 is 11.3 Å². The van der Waals surface area contributed by atoms with Gasteiger partial charge in [0.1, 0.15) is 5.69 Å². The largest absolute Gasteiger partial charge is 0.462 e. The molecule has 0 bridgehead atoms. The van der Waals surface area contributed by atoms with E-state index >= 15 is 0 Å². The molecule has 3 aromatic rings. The molecule has 22 heavy (non-hydrogen) atoms. The van der Waals surface area contributed by atoms with Crippen LogP contribution in [0, 0.1) is 5.92 Å². The Bertz CT molecular complexity index is 758. The van der Waals surface area contributed by atoms with Gasteiger partial charge in [0.05, 0.1) is 6.26 Å². The molecule has 0 saturated carbocycles. The van der Waals surface area contributed by atoms with Gasteiger partial charge in [-0.15, -0.1) is 11.3 Å². The number of rotatable bonds is 5. The van der Waals surface area contributed by atoms with Gasteiger partial charge in [-0.3, -0.25) is 10.1 Å². The van der Waals surface area contributed by atoms with Crippen molar-refractivity contribution in [1.29, 1.82) is 0 Å². The van der Waals surface area contributed by atoms with Gasteiger partial charge >= 0.3 is 0 Å². The number of nitrogens with zero attached hydrogens (tertiary/aromatic N) is 3. The standard InChI is InChI=1S/C15H16N4O2S/c1-10(2)8-19-6-5-16-15(19)18-13(20)11-9-22-14(17-11)12-4-3-7-21-12/h3-7,9-10H,8H2,1-2H3,(H,16,18,20). The second-order valence-corrected chi connectivity index (χ2v) is 6.12. The lowest BCUT2D eigenvalue weighted by atomic mass is 10.2. The Morgan fingerprint density at radius 1 is 1.50 bits per heavy atom. The molecule has 3 heterocycles. The van der Waals surface area contributed by atoms with Crippen LogP contribution in [0.25, 0.3) is 10.8 Å². The SMILES string of the molecule is CC(C)Cn1ccnc1NC(=O)c1csc(-c2ccco2)n1. The Morgan fingerprint density at radius 3 is 3.09 bits per heavy atom. The van der Waals surface area contributed by atoms with Gasteiger partial charge in [0.25, 0.3) is 5.91 Å². The molecule has 0 aromatic carbocycles. The van der Waals surface area contributed by atoms with Crippen molar-refractivity contribution in [2.45, 2.75) is 20.4 Å². The minimum Gasteiger partial charge on any atom is -0.462 e. The molecule has 3 rings (SSSR count). The predicted molar refractivity (Wildman–Crippen MR) is 84.8 cm³/mol. The van der Waals surface area contributed by atoms with Gasteiger partial charge in [0, 0.05) is 24.3 Å². The summed E-state index contributed by atoms with van der Waals surface area (Å²) in [6.45, 7) is 5.02. The van der Waals surface area contributed by atoms with Crippen molar-refractivity contribution in [3.8, 4) is 10.8 Å². The van der Waals surface area contributed by atoms with Gasteiger partial charge in [-0.25, -0.2) is 9.97 Å². The fourth-order valence-corrected chi connectivity index (χ4v) is 2.80. The van der Waals surface area contributed by atoms with E-state index in [2.05, 4.69) is 29.1 Å². The summed E-state index contributed by atoms with van der Waals surface area (Å²) in [5, 5.41) is 5.19. The molecule has 0 atom stereocenters. The first-order valence-electron chi connectivity index (χ1n) is 6.95. The molecule has 1 N–H and O–H groups in total. The quantitative estimate of drug-likeness (QED) is 0.782. The number of imidazole rings is 1. The normalized spacial score (nSPS) is 11.0. The lowest BCUT2D eigenvalue weighted by molar-refractivity contribution is 0.102. The van der Waals surface area contributed by atoms with E-state index in [0.717, 1.165) is 6.54 Å². The van der Waals surface area contributed by atoms with Crippen LogP contribution in [0.15, 0.2) is 40.6 Å². The zero-order valence-electron chi connectivity index (χ0n) is 12.3. The van der Waals surface area contributed by atoms with E-state index in [0.29, 0.717) is 28.3 Å². The van der Waals surface area contributed by atoms with Gasteiger partial charge < -0.3 is 8.98 Å². The Kier molecular flexibility index (Phi) is 4.06. The van der Waals surface area contributed by atoms with Crippen molar-refractivity contribution in [3.63, 3.8) is 0 Å². The highest BCUT2D eigenvalue weighted by Gasteiger charge is 2.15. The maximum absolute atomic E-state index is 12.3. The Hall–Kier alpha value is -2.41. The van der Waals surface area contributed by atoms with Crippen LogP contribution in [0.1, 0.15) is 24.3 Å². The highest BCUT2D eigenvalue weighted by molar-refractivity contribution is 7.13. The summed E-state index contributed by atoms with van der Waals surface area (Å²) in [4.78, 5) is 20.8. The van der Waals surface area contributed by atoms with Gasteiger partial charge in [0.15, 0.2) is 10.8 Å². The number of carbonyl (C=O) groups excluding carboxylic acids is 1. The Morgan fingerprint density at radius 2 is 2.36 bits per heavy atom. The maximum Gasteiger partial charge on any atom is 0.277 e. The van der Waals surface area contributed by atoms with Crippen molar-refractivity contribution in [1.82, 2.24) is 14.5 Å². The molecule has 0 aliphatic carbocycles. The first-order chi connectivity index (χ1) is 10.6. The smallest absolute Gasteiger partial charge is 0.277 e. The van der Waals surface area contributed by atoms with E-state index in [4.69, 9.17) is 4.42 Å². The summed E-state index contributed by atoms with van der Waals surface area (Å²) >= 11 is 1.37. The fourth-order valence-electron chi connectivity index (χ4n) is 2.03. The van der Waals surface area contributed by atoms with Crippen LogP contribution in [0.2, 0.25) is 0 Å². The summed E-state index contributed by atoms with van der Waals surface area (Å²) < 4.78 is 7.20. The van der Waals surface area contributed by atoms with Crippen molar-refractivity contribution < 1.29 is 9.21 Å². The summed E-state index contributed by atoms with van der Waals surface area (Å²) in [5.41, 5.74) is 0.357. The molecule has 3 aromatic heterocycles. The minimum atomic E-state index is -0.273. The summed E-state index contributed by atoms with van der Waals surface area (Å²) in [5.74, 6) is 1.39. The molecule has 0 aliphatic heterocycles. The third kappa shape index (κ3) is 3.09. The number of hydrogen-bond acceptors (Lipinski definition) is 5. The molecule has 0 spiro atoms. The zero-order chi connectivity index (χ0) is 15.5. The number of hydrogen-bond donors (Lipinski definition) is 1. The molecule has 7 heteroatoms. The van der Waals surface area contributed by atoms with E-state index in [1.54, 1.807) is 23.9 Å². The summed E-state index contributed by atoms with van der Waals surface area (Å²) in [7, 11) is 0. The van der Waals surface area contributed by atoms with E-state index in [1.807, 2.05) is 16.8 Å². The van der Waals surface area contributed by atoms with Crippen LogP contribution in [0.5, 0.6) is 0 Å². The highest BCUT2D eigenvalue weighted by Crippen LogP contribution is 2.24. The Balaban J connectivity index is 1.74. The second kappa shape index (κ2) is 6.15. The van der Waals surface area contributed by atoms with Crippen LogP contribution < -0.4 is 5.32 Å². The first kappa shape index (κ1) is 14.5. The predicted octanol–water partition coefficient (Wildman–Crippen LogP) is 3.51. The molecular formula is C15H16N4O2S. The number of thiazole rings is 1. The fraction of sp³-hybridized carbons (Fsp3) is 0.267. The average Bonchev–Trinajstić information content (AvgIpc) is 3.18. The molecule has 0 fully saturated rings. The summed E-state index contributed by atoms with van der Waals surface area (Å²) in [6, 6.07) is 3.61. The third-order valence-corrected chi connectivity index (χ3v) is 3.83. The Labute approximate surface area is 131 Å². The van der Waals surface area contributed by atoms with Crippen LogP contribution in [-0.4, -0.2) is 20.4 Å². The molecule has 0 unspecified atom stereocenters. The maximum atomic E-state index is 12.3. The molecule has 0 aliphatic rings. The highest BCUT2D eigenvalue weighted by atomic mass is 32.1. The van der Waals surface area contributed by atoms with Crippen LogP contribution in [0.3, 0.4) is 0 Å². The summed E-state index contributed by atoms with van der Waals surface area (Å²) in [6.07, 6.45) is 5.11. The molecular weight excluding hydrogens is 300 g/mol. The van der Waals surface area contributed by atoms with Crippen molar-refractivity contribution in [2.75, 3.05) is 5.32 Å². The monoisotopic (exact) mass is 316 g/mol. The molecule has 0 radical (unpaired) electrons. The van der Waals surface area contributed by atoms with Gasteiger partial charge in [-0.1, -0.05) is 13.8 Å². The van der Waals surface area contributed by atoms with Crippen LogP contribution in [-0.2, 0) is 6.54 Å². The van der Waals surface area contributed by atoms with Gasteiger partial charge in [-0.2, -0.15) is 0 Å². The molecule has 6 nitrogen and oxygen atoms in total. The second-order valence-electron chi connectivity index (χ2n) is 5.27. The van der Waals surface area contributed by atoms with E-state index < -0.39 is 0 Å². The number of amides is 1. The number of anilines is 1. The van der Waals surface area contributed by atoms with E-state index in [-0.39, 0.29) is 5.91 Å². The minimum absolute atomic E-state index is 0.273. The topological polar surface area (TPSA) is 73.0 Å². The number of nitrogens with one attached hydrogen (secondary N) is 1. The van der Waals surface area contributed by atoms with Crippen molar-refractivity contribution in [2.24, 2.45) is 5.92 Å². The first-order valence-corrected chi connectivity index (χ1v) is 7.83. The lowest BCUT2D eigenvalue weighted by Gasteiger charge is -2.10. The van der Waals surface area contributed by atoms with Gasteiger partial charge in [0.2, 0.25) is 5.95 Å². The number of aromatic nitrogens is 3. The van der Waals surface area contributed by atoms with E-state index in [9.17, 15) is 4.79 Å². The van der Waals surface area contributed by atoms with E-state index in [1.165, 1.54) is 11.3 Å². The number of carbonyl (C=O) groups is 1.